The third-order valence-electron chi connectivity index (χ3n) is 4.25. The molecular formula is C16H34IN3O2. The Morgan fingerprint density at radius 3 is 2.36 bits per heavy atom. The van der Waals surface area contributed by atoms with Gasteiger partial charge < -0.3 is 20.1 Å². The highest BCUT2D eigenvalue weighted by atomic mass is 127. The average Bonchev–Trinajstić information content (AvgIpc) is 2.50. The molecule has 0 bridgehead atoms. The number of ether oxygens (including phenoxy) is 2. The summed E-state index contributed by atoms with van der Waals surface area (Å²) in [7, 11) is 3.50. The number of nitrogens with zero attached hydrogens (tertiary/aromatic N) is 1. The fourth-order valence-corrected chi connectivity index (χ4v) is 2.80. The van der Waals surface area contributed by atoms with Crippen molar-refractivity contribution in [3.8, 4) is 0 Å². The third-order valence-corrected chi connectivity index (χ3v) is 4.25. The molecule has 0 aliphatic heterocycles. The fraction of sp³-hybridized carbons (Fsp3) is 0.938. The van der Waals surface area contributed by atoms with Crippen molar-refractivity contribution < 1.29 is 9.47 Å². The first-order chi connectivity index (χ1) is 10.2. The first-order valence-electron chi connectivity index (χ1n) is 8.21. The summed E-state index contributed by atoms with van der Waals surface area (Å²) in [5.41, 5.74) is 0. The summed E-state index contributed by atoms with van der Waals surface area (Å²) >= 11 is 0. The quantitative estimate of drug-likeness (QED) is 0.271. The number of hydrogen-bond donors (Lipinski definition) is 2. The molecule has 0 saturated heterocycles. The van der Waals surface area contributed by atoms with Gasteiger partial charge in [0.15, 0.2) is 5.96 Å². The molecule has 0 heterocycles. The highest BCUT2D eigenvalue weighted by molar-refractivity contribution is 14.0. The minimum absolute atomic E-state index is 0. The minimum Gasteiger partial charge on any atom is -0.382 e. The van der Waals surface area contributed by atoms with Crippen LogP contribution in [0.4, 0.5) is 0 Å². The lowest BCUT2D eigenvalue weighted by Gasteiger charge is -2.32. The maximum absolute atomic E-state index is 5.43. The number of nitrogens with one attached hydrogen (secondary N) is 2. The van der Waals surface area contributed by atoms with Crippen molar-refractivity contribution in [1.29, 1.82) is 0 Å². The molecule has 0 amide bonds. The zero-order valence-corrected chi connectivity index (χ0v) is 16.9. The summed E-state index contributed by atoms with van der Waals surface area (Å²) in [6, 6.07) is 0.556. The van der Waals surface area contributed by atoms with E-state index >= 15 is 0 Å². The summed E-state index contributed by atoms with van der Waals surface area (Å²) in [5, 5.41) is 6.83. The van der Waals surface area contributed by atoms with Gasteiger partial charge in [-0.1, -0.05) is 13.8 Å². The number of hydrogen-bond acceptors (Lipinski definition) is 3. The molecule has 0 spiro atoms. The molecule has 1 rings (SSSR count). The zero-order chi connectivity index (χ0) is 15.5. The maximum atomic E-state index is 5.43. The van der Waals surface area contributed by atoms with Crippen LogP contribution in [0.2, 0.25) is 0 Å². The van der Waals surface area contributed by atoms with Crippen molar-refractivity contribution in [3.05, 3.63) is 0 Å². The van der Waals surface area contributed by atoms with Crippen LogP contribution in [0.25, 0.3) is 0 Å². The fourth-order valence-electron chi connectivity index (χ4n) is 2.80. The van der Waals surface area contributed by atoms with Crippen molar-refractivity contribution in [3.63, 3.8) is 0 Å². The van der Waals surface area contributed by atoms with Gasteiger partial charge in [0.05, 0.1) is 19.8 Å². The maximum Gasteiger partial charge on any atom is 0.191 e. The lowest BCUT2D eigenvalue weighted by molar-refractivity contribution is 0.0733. The van der Waals surface area contributed by atoms with E-state index in [9.17, 15) is 0 Å². The molecule has 132 valence electrons. The molecule has 5 nitrogen and oxygen atoms in total. The molecule has 1 aliphatic rings. The lowest BCUT2D eigenvalue weighted by atomic mass is 9.80. The number of rotatable bonds is 8. The Morgan fingerprint density at radius 1 is 1.14 bits per heavy atom. The summed E-state index contributed by atoms with van der Waals surface area (Å²) in [6.07, 6.45) is 5.14. The van der Waals surface area contributed by atoms with E-state index in [1.807, 2.05) is 7.05 Å². The predicted molar refractivity (Wildman–Crippen MR) is 103 cm³/mol. The summed E-state index contributed by atoms with van der Waals surface area (Å²) in [6.45, 7) is 7.40. The topological polar surface area (TPSA) is 54.9 Å². The monoisotopic (exact) mass is 427 g/mol. The Kier molecular flexibility index (Phi) is 13.3. The standard InChI is InChI=1S/C16H33N3O2.HI/c1-13(2)14-5-7-15(8-6-14)19-16(17-3)18-9-10-21-12-11-20-4;/h13-15H,5-12H2,1-4H3,(H2,17,18,19);1H. The molecule has 0 aromatic heterocycles. The Bertz CT molecular complexity index is 293. The Hall–Kier alpha value is -0.0800. The molecule has 22 heavy (non-hydrogen) atoms. The van der Waals surface area contributed by atoms with Crippen LogP contribution >= 0.6 is 24.0 Å². The molecule has 1 saturated carbocycles. The van der Waals surface area contributed by atoms with Gasteiger partial charge in [0.1, 0.15) is 0 Å². The lowest BCUT2D eigenvalue weighted by Crippen LogP contribution is -2.45. The number of aliphatic imine (C=N–C) groups is 1. The van der Waals surface area contributed by atoms with E-state index in [1.165, 1.54) is 25.7 Å². The van der Waals surface area contributed by atoms with Gasteiger partial charge in [0, 0.05) is 26.7 Å². The van der Waals surface area contributed by atoms with E-state index in [0.717, 1.165) is 24.3 Å². The third kappa shape index (κ3) is 9.15. The molecule has 1 fully saturated rings. The number of halogens is 1. The van der Waals surface area contributed by atoms with Crippen LogP contribution < -0.4 is 10.6 Å². The van der Waals surface area contributed by atoms with Crippen LogP contribution in [0.1, 0.15) is 39.5 Å². The van der Waals surface area contributed by atoms with E-state index in [0.29, 0.717) is 25.9 Å². The molecule has 0 aromatic carbocycles. The molecule has 1 aliphatic carbocycles. The van der Waals surface area contributed by atoms with E-state index in [2.05, 4.69) is 29.5 Å². The highest BCUT2D eigenvalue weighted by Crippen LogP contribution is 2.29. The average molecular weight is 427 g/mol. The number of guanidine groups is 1. The van der Waals surface area contributed by atoms with Gasteiger partial charge in [-0.15, -0.1) is 24.0 Å². The van der Waals surface area contributed by atoms with E-state index in [4.69, 9.17) is 9.47 Å². The number of methoxy groups -OCH3 is 1. The second-order valence-electron chi connectivity index (χ2n) is 6.10. The van der Waals surface area contributed by atoms with Crippen molar-refractivity contribution in [2.75, 3.05) is 40.5 Å². The van der Waals surface area contributed by atoms with Crippen LogP contribution in [-0.4, -0.2) is 52.5 Å². The van der Waals surface area contributed by atoms with Gasteiger partial charge in [0.2, 0.25) is 0 Å². The molecule has 0 radical (unpaired) electrons. The molecule has 2 N–H and O–H groups in total. The Labute approximate surface area is 153 Å². The molecular weight excluding hydrogens is 393 g/mol. The van der Waals surface area contributed by atoms with E-state index < -0.39 is 0 Å². The SMILES string of the molecule is CN=C(NCCOCCOC)NC1CCC(C(C)C)CC1.I. The largest absolute Gasteiger partial charge is 0.382 e. The van der Waals surface area contributed by atoms with Gasteiger partial charge in [0.25, 0.3) is 0 Å². The van der Waals surface area contributed by atoms with Crippen LogP contribution in [0.3, 0.4) is 0 Å². The summed E-state index contributed by atoms with van der Waals surface area (Å²) in [4.78, 5) is 4.28. The molecule has 0 unspecified atom stereocenters. The van der Waals surface area contributed by atoms with Gasteiger partial charge in [-0.25, -0.2) is 0 Å². The van der Waals surface area contributed by atoms with Crippen LogP contribution in [0.5, 0.6) is 0 Å². The van der Waals surface area contributed by atoms with Gasteiger partial charge in [-0.3, -0.25) is 4.99 Å². The van der Waals surface area contributed by atoms with Crippen LogP contribution in [0.15, 0.2) is 4.99 Å². The summed E-state index contributed by atoms with van der Waals surface area (Å²) < 4.78 is 10.4. The van der Waals surface area contributed by atoms with Crippen molar-refractivity contribution in [2.24, 2.45) is 16.8 Å². The molecule has 0 atom stereocenters. The molecule has 0 aromatic rings. The predicted octanol–water partition coefficient (Wildman–Crippen LogP) is 2.65. The highest BCUT2D eigenvalue weighted by Gasteiger charge is 2.23. The smallest absolute Gasteiger partial charge is 0.191 e. The van der Waals surface area contributed by atoms with Crippen LogP contribution in [0, 0.1) is 11.8 Å². The Morgan fingerprint density at radius 2 is 1.82 bits per heavy atom. The van der Waals surface area contributed by atoms with Crippen molar-refractivity contribution in [2.45, 2.75) is 45.6 Å². The minimum atomic E-state index is 0. The van der Waals surface area contributed by atoms with Crippen LogP contribution in [-0.2, 0) is 9.47 Å². The van der Waals surface area contributed by atoms with Gasteiger partial charge >= 0.3 is 0 Å². The Balaban J connectivity index is 0.00000441. The van der Waals surface area contributed by atoms with Gasteiger partial charge in [-0.05, 0) is 37.5 Å². The summed E-state index contributed by atoms with van der Waals surface area (Å²) in [5.74, 6) is 2.60. The first kappa shape index (κ1) is 21.9. The van der Waals surface area contributed by atoms with Gasteiger partial charge in [-0.2, -0.15) is 0 Å². The zero-order valence-electron chi connectivity index (χ0n) is 14.6. The van der Waals surface area contributed by atoms with Crippen molar-refractivity contribution in [1.82, 2.24) is 10.6 Å². The second kappa shape index (κ2) is 13.4. The van der Waals surface area contributed by atoms with Crippen molar-refractivity contribution >= 4 is 29.9 Å². The van der Waals surface area contributed by atoms with E-state index in [-0.39, 0.29) is 24.0 Å². The second-order valence-corrected chi connectivity index (χ2v) is 6.10. The molecule has 6 heteroatoms. The van der Waals surface area contributed by atoms with E-state index in [1.54, 1.807) is 7.11 Å². The first-order valence-corrected chi connectivity index (χ1v) is 8.21. The normalized spacial score (nSPS) is 22.3.